The van der Waals surface area contributed by atoms with Crippen LogP contribution in [0.4, 0.5) is 4.79 Å². The molecule has 1 rings (SSSR count). The quantitative estimate of drug-likeness (QED) is 0.750. The van der Waals surface area contributed by atoms with Crippen LogP contribution in [-0.4, -0.2) is 65.1 Å². The van der Waals surface area contributed by atoms with Crippen molar-refractivity contribution in [2.24, 2.45) is 0 Å². The van der Waals surface area contributed by atoms with Crippen molar-refractivity contribution in [3.05, 3.63) is 0 Å². The first-order valence-corrected chi connectivity index (χ1v) is 7.18. The monoisotopic (exact) mass is 260 g/mol. The Kier molecular flexibility index (Phi) is 5.61. The second-order valence-electron chi connectivity index (χ2n) is 4.27. The molecular weight excluding hydrogens is 240 g/mol. The predicted molar refractivity (Wildman–Crippen MR) is 68.4 cm³/mol. The van der Waals surface area contributed by atoms with Crippen LogP contribution in [0.2, 0.25) is 0 Å². The van der Waals surface area contributed by atoms with E-state index in [2.05, 4.69) is 0 Å². The third-order valence-corrected chi connectivity index (χ3v) is 3.35. The maximum absolute atomic E-state index is 12.1. The van der Waals surface area contributed by atoms with E-state index >= 15 is 0 Å². The Morgan fingerprint density at radius 2 is 2.00 bits per heavy atom. The molecule has 0 aromatic heterocycles. The maximum atomic E-state index is 12.1. The van der Waals surface area contributed by atoms with Gasteiger partial charge in [-0.1, -0.05) is 0 Å². The van der Waals surface area contributed by atoms with Gasteiger partial charge in [0.2, 0.25) is 0 Å². The highest BCUT2D eigenvalue weighted by molar-refractivity contribution is 7.98. The molecule has 0 saturated heterocycles. The van der Waals surface area contributed by atoms with Crippen LogP contribution >= 0.6 is 11.8 Å². The van der Waals surface area contributed by atoms with Gasteiger partial charge < -0.3 is 14.9 Å². The van der Waals surface area contributed by atoms with Crippen LogP contribution in [0.15, 0.2) is 0 Å². The molecule has 0 atom stereocenters. The van der Waals surface area contributed by atoms with Gasteiger partial charge in [-0.2, -0.15) is 11.8 Å². The molecule has 0 spiro atoms. The first kappa shape index (κ1) is 14.2. The van der Waals surface area contributed by atoms with E-state index in [1.165, 1.54) is 0 Å². The topological polar surface area (TPSA) is 60.9 Å². The van der Waals surface area contributed by atoms with Crippen LogP contribution in [0.3, 0.4) is 0 Å². The first-order chi connectivity index (χ1) is 8.06. The number of carbonyl (C=O) groups excluding carboxylic acids is 1. The van der Waals surface area contributed by atoms with E-state index in [9.17, 15) is 9.59 Å². The average molecular weight is 260 g/mol. The first-order valence-electron chi connectivity index (χ1n) is 5.78. The molecular formula is C11H20N2O3S. The Hall–Kier alpha value is -0.910. The van der Waals surface area contributed by atoms with Crippen molar-refractivity contribution in [2.45, 2.75) is 25.3 Å². The molecule has 98 valence electrons. The Labute approximate surface area is 106 Å². The summed E-state index contributed by atoms with van der Waals surface area (Å²) in [6, 6.07) is 0.223. The lowest BCUT2D eigenvalue weighted by molar-refractivity contribution is -0.137. The Morgan fingerprint density at radius 1 is 1.35 bits per heavy atom. The standard InChI is InChI=1S/C11H20N2O3S/c1-12(7-8-17-2)11(16)13(9-3-4-9)6-5-10(14)15/h9H,3-8H2,1-2H3,(H,14,15). The summed E-state index contributed by atoms with van der Waals surface area (Å²) in [7, 11) is 1.77. The van der Waals surface area contributed by atoms with Crippen molar-refractivity contribution in [3.8, 4) is 0 Å². The summed E-state index contributed by atoms with van der Waals surface area (Å²) in [4.78, 5) is 26.0. The van der Waals surface area contributed by atoms with Gasteiger partial charge in [0.25, 0.3) is 0 Å². The van der Waals surface area contributed by atoms with Gasteiger partial charge in [-0.15, -0.1) is 0 Å². The molecule has 1 saturated carbocycles. The van der Waals surface area contributed by atoms with Gasteiger partial charge in [0.05, 0.1) is 6.42 Å². The van der Waals surface area contributed by atoms with Crippen molar-refractivity contribution < 1.29 is 14.7 Å². The lowest BCUT2D eigenvalue weighted by atomic mass is 10.3. The highest BCUT2D eigenvalue weighted by Gasteiger charge is 2.33. The van der Waals surface area contributed by atoms with Crippen molar-refractivity contribution in [2.75, 3.05) is 32.1 Å². The average Bonchev–Trinajstić information content (AvgIpc) is 3.09. The lowest BCUT2D eigenvalue weighted by Crippen LogP contribution is -2.44. The molecule has 5 nitrogen and oxygen atoms in total. The van der Waals surface area contributed by atoms with Gasteiger partial charge in [0.15, 0.2) is 0 Å². The van der Waals surface area contributed by atoms with E-state index in [4.69, 9.17) is 5.11 Å². The van der Waals surface area contributed by atoms with Gasteiger partial charge in [0, 0.05) is 31.9 Å². The highest BCUT2D eigenvalue weighted by atomic mass is 32.2. The van der Waals surface area contributed by atoms with E-state index in [-0.39, 0.29) is 18.5 Å². The smallest absolute Gasteiger partial charge is 0.320 e. The zero-order valence-electron chi connectivity index (χ0n) is 10.4. The molecule has 0 radical (unpaired) electrons. The minimum absolute atomic E-state index is 0.0264. The molecule has 1 aliphatic carbocycles. The van der Waals surface area contributed by atoms with E-state index in [0.29, 0.717) is 13.1 Å². The Balaban J connectivity index is 2.45. The summed E-state index contributed by atoms with van der Waals surface area (Å²) in [6.07, 6.45) is 4.03. The molecule has 1 aliphatic rings. The van der Waals surface area contributed by atoms with Gasteiger partial charge in [-0.25, -0.2) is 4.79 Å². The lowest BCUT2D eigenvalue weighted by Gasteiger charge is -2.27. The third-order valence-electron chi connectivity index (χ3n) is 2.76. The Bertz CT molecular complexity index is 282. The maximum Gasteiger partial charge on any atom is 0.320 e. The van der Waals surface area contributed by atoms with Gasteiger partial charge in [-0.05, 0) is 19.1 Å². The van der Waals surface area contributed by atoms with Crippen LogP contribution in [0.25, 0.3) is 0 Å². The summed E-state index contributed by atoms with van der Waals surface area (Å²) in [5.74, 6) is 0.0508. The van der Waals surface area contributed by atoms with Gasteiger partial charge in [0.1, 0.15) is 0 Å². The fraction of sp³-hybridized carbons (Fsp3) is 0.818. The summed E-state index contributed by atoms with van der Waals surface area (Å²) in [6.45, 7) is 1.03. The third kappa shape index (κ3) is 4.85. The fourth-order valence-corrected chi connectivity index (χ4v) is 2.04. The number of hydrogen-bond donors (Lipinski definition) is 1. The number of carboxylic acids is 1. The van der Waals surface area contributed by atoms with Crippen LogP contribution < -0.4 is 0 Å². The number of thioether (sulfide) groups is 1. The summed E-state index contributed by atoms with van der Waals surface area (Å²) in [5, 5.41) is 8.67. The van der Waals surface area contributed by atoms with Crippen molar-refractivity contribution in [3.63, 3.8) is 0 Å². The second-order valence-corrected chi connectivity index (χ2v) is 5.25. The number of carboxylic acid groups (broad SMARTS) is 1. The molecule has 0 unspecified atom stereocenters. The SMILES string of the molecule is CSCCN(C)C(=O)N(CCC(=O)O)C1CC1. The molecule has 0 heterocycles. The molecule has 0 aromatic rings. The normalized spacial score (nSPS) is 14.5. The number of carbonyl (C=O) groups is 2. The van der Waals surface area contributed by atoms with Crippen molar-refractivity contribution in [1.29, 1.82) is 0 Å². The molecule has 0 aliphatic heterocycles. The van der Waals surface area contributed by atoms with Crippen LogP contribution in [0.5, 0.6) is 0 Å². The van der Waals surface area contributed by atoms with Crippen molar-refractivity contribution in [1.82, 2.24) is 9.80 Å². The molecule has 1 N–H and O–H groups in total. The van der Waals surface area contributed by atoms with Gasteiger partial charge in [-0.3, -0.25) is 4.79 Å². The van der Waals surface area contributed by atoms with Crippen molar-refractivity contribution >= 4 is 23.8 Å². The molecule has 0 aromatic carbocycles. The zero-order valence-corrected chi connectivity index (χ0v) is 11.2. The number of amides is 2. The van der Waals surface area contributed by atoms with Crippen LogP contribution in [0, 0.1) is 0 Å². The molecule has 1 fully saturated rings. The number of urea groups is 1. The van der Waals surface area contributed by atoms with E-state index in [1.54, 1.807) is 28.6 Å². The number of aliphatic carboxylic acids is 1. The molecule has 0 bridgehead atoms. The predicted octanol–water partition coefficient (Wildman–Crippen LogP) is 1.34. The number of hydrogen-bond acceptors (Lipinski definition) is 3. The second kappa shape index (κ2) is 6.74. The van der Waals surface area contributed by atoms with Gasteiger partial charge >= 0.3 is 12.0 Å². The highest BCUT2D eigenvalue weighted by Crippen LogP contribution is 2.27. The van der Waals surface area contributed by atoms with E-state index < -0.39 is 5.97 Å². The molecule has 2 amide bonds. The van der Waals surface area contributed by atoms with Crippen LogP contribution in [0.1, 0.15) is 19.3 Å². The van der Waals surface area contributed by atoms with Crippen LogP contribution in [-0.2, 0) is 4.79 Å². The Morgan fingerprint density at radius 3 is 2.47 bits per heavy atom. The largest absolute Gasteiger partial charge is 0.481 e. The summed E-state index contributed by atoms with van der Waals surface area (Å²) >= 11 is 1.69. The number of rotatable bonds is 7. The zero-order chi connectivity index (χ0) is 12.8. The number of nitrogens with zero attached hydrogens (tertiary/aromatic N) is 2. The minimum atomic E-state index is -0.852. The van der Waals surface area contributed by atoms with E-state index in [1.807, 2.05) is 6.26 Å². The summed E-state index contributed by atoms with van der Waals surface area (Å²) in [5.41, 5.74) is 0. The molecule has 17 heavy (non-hydrogen) atoms. The van der Waals surface area contributed by atoms with E-state index in [0.717, 1.165) is 18.6 Å². The fourth-order valence-electron chi connectivity index (χ4n) is 1.58. The minimum Gasteiger partial charge on any atom is -0.481 e. The summed E-state index contributed by atoms with van der Waals surface area (Å²) < 4.78 is 0. The molecule has 6 heteroatoms.